The van der Waals surface area contributed by atoms with Crippen LogP contribution in [-0.2, 0) is 6.54 Å². The van der Waals surface area contributed by atoms with Gasteiger partial charge in [-0.15, -0.1) is 0 Å². The highest BCUT2D eigenvalue weighted by molar-refractivity contribution is 6.29. The predicted molar refractivity (Wildman–Crippen MR) is 65.9 cm³/mol. The van der Waals surface area contributed by atoms with Gasteiger partial charge in [0.05, 0.1) is 18.4 Å². The molecule has 5 nitrogen and oxygen atoms in total. The summed E-state index contributed by atoms with van der Waals surface area (Å²) in [6.07, 6.45) is 5.04. The van der Waals surface area contributed by atoms with Gasteiger partial charge in [0, 0.05) is 25.5 Å². The minimum absolute atomic E-state index is 0.443. The zero-order valence-electron chi connectivity index (χ0n) is 9.63. The summed E-state index contributed by atoms with van der Waals surface area (Å²) in [6.45, 7) is 2.44. The van der Waals surface area contributed by atoms with Gasteiger partial charge in [0.2, 0.25) is 0 Å². The van der Waals surface area contributed by atoms with Gasteiger partial charge in [-0.2, -0.15) is 0 Å². The van der Waals surface area contributed by atoms with E-state index in [0.717, 1.165) is 11.5 Å². The summed E-state index contributed by atoms with van der Waals surface area (Å²) in [7, 11) is 1.92. The lowest BCUT2D eigenvalue weighted by Crippen LogP contribution is -2.19. The lowest BCUT2D eigenvalue weighted by Gasteiger charge is -2.17. The molecule has 2 heterocycles. The number of hydrogen-bond donors (Lipinski definition) is 0. The van der Waals surface area contributed by atoms with Crippen molar-refractivity contribution in [2.75, 3.05) is 11.9 Å². The molecule has 0 saturated carbocycles. The fraction of sp³-hybridized carbons (Fsp3) is 0.273. The second-order valence-electron chi connectivity index (χ2n) is 3.65. The summed E-state index contributed by atoms with van der Waals surface area (Å²) >= 11 is 5.89. The van der Waals surface area contributed by atoms with Crippen LogP contribution in [0.25, 0.3) is 0 Å². The van der Waals surface area contributed by atoms with Crippen molar-refractivity contribution >= 4 is 17.4 Å². The van der Waals surface area contributed by atoms with Gasteiger partial charge in [-0.25, -0.2) is 9.97 Å². The van der Waals surface area contributed by atoms with Crippen molar-refractivity contribution in [2.24, 2.45) is 0 Å². The number of halogens is 1. The third-order valence-electron chi connectivity index (χ3n) is 2.20. The van der Waals surface area contributed by atoms with Crippen LogP contribution in [0.15, 0.2) is 24.7 Å². The number of aryl methyl sites for hydroxylation is 1. The number of aromatic nitrogens is 4. The maximum atomic E-state index is 5.89. The third-order valence-corrected chi connectivity index (χ3v) is 2.39. The largest absolute Gasteiger partial charge is 0.354 e. The van der Waals surface area contributed by atoms with Crippen LogP contribution in [0.3, 0.4) is 0 Å². The molecule has 0 amide bonds. The van der Waals surface area contributed by atoms with E-state index in [1.165, 1.54) is 0 Å². The van der Waals surface area contributed by atoms with Crippen LogP contribution >= 0.6 is 11.6 Å². The van der Waals surface area contributed by atoms with Crippen LogP contribution < -0.4 is 4.90 Å². The molecule has 2 aromatic rings. The Hall–Kier alpha value is -1.75. The standard InChI is InChI=1S/C11H12ClN5/c1-8-15-10(12)5-11(16-8)17(2)7-9-6-13-3-4-14-9/h3-6H,7H2,1-2H3. The summed E-state index contributed by atoms with van der Waals surface area (Å²) in [6, 6.07) is 1.73. The minimum atomic E-state index is 0.443. The molecule has 0 radical (unpaired) electrons. The lowest BCUT2D eigenvalue weighted by atomic mass is 10.4. The van der Waals surface area contributed by atoms with E-state index in [0.29, 0.717) is 17.5 Å². The first-order valence-electron chi connectivity index (χ1n) is 5.12. The van der Waals surface area contributed by atoms with E-state index < -0.39 is 0 Å². The molecule has 0 atom stereocenters. The van der Waals surface area contributed by atoms with Gasteiger partial charge in [-0.05, 0) is 6.92 Å². The number of anilines is 1. The molecule has 0 aromatic carbocycles. The molecule has 2 rings (SSSR count). The molecule has 17 heavy (non-hydrogen) atoms. The Morgan fingerprint density at radius 1 is 1.29 bits per heavy atom. The first-order valence-corrected chi connectivity index (χ1v) is 5.50. The molecule has 0 spiro atoms. The molecule has 6 heteroatoms. The summed E-state index contributed by atoms with van der Waals surface area (Å²) < 4.78 is 0. The van der Waals surface area contributed by atoms with E-state index >= 15 is 0 Å². The maximum absolute atomic E-state index is 5.89. The molecular formula is C11H12ClN5. The SMILES string of the molecule is Cc1nc(Cl)cc(N(C)Cc2cnccn2)n1. The molecular weight excluding hydrogens is 238 g/mol. The first kappa shape index (κ1) is 11.7. The van der Waals surface area contributed by atoms with E-state index in [-0.39, 0.29) is 0 Å². The highest BCUT2D eigenvalue weighted by Gasteiger charge is 2.07. The van der Waals surface area contributed by atoms with Crippen LogP contribution in [0.2, 0.25) is 5.15 Å². The number of rotatable bonds is 3. The zero-order chi connectivity index (χ0) is 12.3. The van der Waals surface area contributed by atoms with Crippen molar-refractivity contribution in [2.45, 2.75) is 13.5 Å². The predicted octanol–water partition coefficient (Wildman–Crippen LogP) is 1.86. The first-order chi connectivity index (χ1) is 8.15. The van der Waals surface area contributed by atoms with E-state index in [2.05, 4.69) is 19.9 Å². The third kappa shape index (κ3) is 3.10. The monoisotopic (exact) mass is 249 g/mol. The van der Waals surface area contributed by atoms with Gasteiger partial charge in [0.25, 0.3) is 0 Å². The van der Waals surface area contributed by atoms with Crippen LogP contribution in [0.5, 0.6) is 0 Å². The van der Waals surface area contributed by atoms with Crippen molar-refractivity contribution in [1.29, 1.82) is 0 Å². The van der Waals surface area contributed by atoms with Gasteiger partial charge in [0.15, 0.2) is 0 Å². The van der Waals surface area contributed by atoms with Crippen molar-refractivity contribution in [3.63, 3.8) is 0 Å². The van der Waals surface area contributed by atoms with E-state index in [9.17, 15) is 0 Å². The molecule has 0 aliphatic rings. The second kappa shape index (κ2) is 5.05. The van der Waals surface area contributed by atoms with Crippen molar-refractivity contribution in [3.8, 4) is 0 Å². The van der Waals surface area contributed by atoms with Crippen molar-refractivity contribution < 1.29 is 0 Å². The Morgan fingerprint density at radius 3 is 2.76 bits per heavy atom. The van der Waals surface area contributed by atoms with Crippen LogP contribution in [0.4, 0.5) is 5.82 Å². The molecule has 0 aliphatic carbocycles. The molecule has 0 unspecified atom stereocenters. The fourth-order valence-corrected chi connectivity index (χ4v) is 1.67. The van der Waals surface area contributed by atoms with Gasteiger partial charge in [-0.3, -0.25) is 9.97 Å². The topological polar surface area (TPSA) is 54.8 Å². The minimum Gasteiger partial charge on any atom is -0.354 e. The van der Waals surface area contributed by atoms with Crippen LogP contribution in [0, 0.1) is 6.92 Å². The van der Waals surface area contributed by atoms with Gasteiger partial charge in [0.1, 0.15) is 16.8 Å². The van der Waals surface area contributed by atoms with E-state index in [1.807, 2.05) is 18.9 Å². The summed E-state index contributed by atoms with van der Waals surface area (Å²) in [4.78, 5) is 18.5. The van der Waals surface area contributed by atoms with E-state index in [1.54, 1.807) is 24.7 Å². The molecule has 88 valence electrons. The van der Waals surface area contributed by atoms with E-state index in [4.69, 9.17) is 11.6 Å². The molecule has 0 bridgehead atoms. The molecule has 0 fully saturated rings. The van der Waals surface area contributed by atoms with Crippen molar-refractivity contribution in [3.05, 3.63) is 41.3 Å². The second-order valence-corrected chi connectivity index (χ2v) is 4.04. The Labute approximate surface area is 105 Å². The van der Waals surface area contributed by atoms with Gasteiger partial charge < -0.3 is 4.90 Å². The normalized spacial score (nSPS) is 10.3. The molecule has 0 saturated heterocycles. The summed E-state index contributed by atoms with van der Waals surface area (Å²) in [5.74, 6) is 1.42. The molecule has 0 N–H and O–H groups in total. The summed E-state index contributed by atoms with van der Waals surface area (Å²) in [5, 5.41) is 0.443. The number of nitrogens with zero attached hydrogens (tertiary/aromatic N) is 5. The Balaban J connectivity index is 2.17. The lowest BCUT2D eigenvalue weighted by molar-refractivity contribution is 0.845. The molecule has 2 aromatic heterocycles. The number of hydrogen-bond acceptors (Lipinski definition) is 5. The smallest absolute Gasteiger partial charge is 0.134 e. The average molecular weight is 250 g/mol. The fourth-order valence-electron chi connectivity index (χ4n) is 1.45. The van der Waals surface area contributed by atoms with Crippen molar-refractivity contribution in [1.82, 2.24) is 19.9 Å². The van der Waals surface area contributed by atoms with Gasteiger partial charge >= 0.3 is 0 Å². The summed E-state index contributed by atoms with van der Waals surface area (Å²) in [5.41, 5.74) is 0.877. The molecule has 0 aliphatic heterocycles. The average Bonchev–Trinajstić information content (AvgIpc) is 2.29. The van der Waals surface area contributed by atoms with Crippen LogP contribution in [-0.4, -0.2) is 27.0 Å². The highest BCUT2D eigenvalue weighted by Crippen LogP contribution is 2.15. The zero-order valence-corrected chi connectivity index (χ0v) is 10.4. The van der Waals surface area contributed by atoms with Gasteiger partial charge in [-0.1, -0.05) is 11.6 Å². The van der Waals surface area contributed by atoms with Crippen LogP contribution in [0.1, 0.15) is 11.5 Å². The Morgan fingerprint density at radius 2 is 2.12 bits per heavy atom. The quantitative estimate of drug-likeness (QED) is 0.778. The Bertz CT molecular complexity index is 482. The Kier molecular flexibility index (Phi) is 3.49. The highest BCUT2D eigenvalue weighted by atomic mass is 35.5. The maximum Gasteiger partial charge on any atom is 0.134 e.